The van der Waals surface area contributed by atoms with Crippen LogP contribution < -0.4 is 10.3 Å². The molecule has 7 nitrogen and oxygen atoms in total. The van der Waals surface area contributed by atoms with Crippen LogP contribution >= 0.6 is 0 Å². The SMILES string of the molecule is COc1ccccc1-n1c(C(C)N2CCN(C(=O)C=Cc3ccccc3)C(C)C2)nc2ccccc2c1=O. The Kier molecular flexibility index (Phi) is 7.38. The van der Waals surface area contributed by atoms with Crippen LogP contribution in [0.25, 0.3) is 22.7 Å². The zero-order valence-electron chi connectivity index (χ0n) is 21.9. The largest absolute Gasteiger partial charge is 0.495 e. The number of methoxy groups -OCH3 is 1. The van der Waals surface area contributed by atoms with E-state index < -0.39 is 0 Å². The molecule has 2 heterocycles. The van der Waals surface area contributed by atoms with Gasteiger partial charge in [0.1, 0.15) is 11.6 Å². The first-order chi connectivity index (χ1) is 18.5. The van der Waals surface area contributed by atoms with Crippen molar-refractivity contribution in [1.82, 2.24) is 19.4 Å². The number of carbonyl (C=O) groups excluding carboxylic acids is 1. The summed E-state index contributed by atoms with van der Waals surface area (Å²) in [6.45, 7) is 6.07. The van der Waals surface area contributed by atoms with Gasteiger partial charge in [-0.2, -0.15) is 0 Å². The van der Waals surface area contributed by atoms with E-state index >= 15 is 0 Å². The maximum Gasteiger partial charge on any atom is 0.266 e. The highest BCUT2D eigenvalue weighted by Gasteiger charge is 2.31. The lowest BCUT2D eigenvalue weighted by molar-refractivity contribution is -0.130. The van der Waals surface area contributed by atoms with E-state index in [9.17, 15) is 9.59 Å². The molecule has 7 heteroatoms. The van der Waals surface area contributed by atoms with E-state index in [0.29, 0.717) is 47.8 Å². The molecular weight excluding hydrogens is 476 g/mol. The van der Waals surface area contributed by atoms with Crippen molar-refractivity contribution < 1.29 is 9.53 Å². The van der Waals surface area contributed by atoms with E-state index in [4.69, 9.17) is 9.72 Å². The Morgan fingerprint density at radius 2 is 1.71 bits per heavy atom. The molecule has 2 unspecified atom stereocenters. The number of amides is 1. The molecule has 1 fully saturated rings. The van der Waals surface area contributed by atoms with Crippen LogP contribution in [0.1, 0.15) is 31.3 Å². The van der Waals surface area contributed by atoms with Gasteiger partial charge in [0.15, 0.2) is 0 Å². The number of fused-ring (bicyclic) bond motifs is 1. The van der Waals surface area contributed by atoms with Crippen molar-refractivity contribution in [3.05, 3.63) is 107 Å². The minimum atomic E-state index is -0.170. The van der Waals surface area contributed by atoms with E-state index in [-0.39, 0.29) is 23.6 Å². The van der Waals surface area contributed by atoms with Crippen LogP contribution in [0, 0.1) is 0 Å². The van der Waals surface area contributed by atoms with Crippen molar-refractivity contribution in [2.24, 2.45) is 0 Å². The van der Waals surface area contributed by atoms with Crippen LogP contribution in [-0.4, -0.2) is 58.0 Å². The molecule has 0 spiro atoms. The number of hydrogen-bond donors (Lipinski definition) is 0. The predicted octanol–water partition coefficient (Wildman–Crippen LogP) is 4.70. The summed E-state index contributed by atoms with van der Waals surface area (Å²) in [4.78, 5) is 35.9. The quantitative estimate of drug-likeness (QED) is 0.353. The number of para-hydroxylation sites is 3. The molecule has 0 bridgehead atoms. The van der Waals surface area contributed by atoms with Crippen molar-refractivity contribution in [1.29, 1.82) is 0 Å². The standard InChI is InChI=1S/C31H32N4O3/c1-22-21-33(19-20-34(22)29(36)18-17-24-11-5-4-6-12-24)23(2)30-32-26-14-8-7-13-25(26)31(37)35(30)27-15-9-10-16-28(27)38-3/h4-18,22-23H,19-21H2,1-3H3. The van der Waals surface area contributed by atoms with E-state index in [1.165, 1.54) is 0 Å². The number of nitrogens with zero attached hydrogens (tertiary/aromatic N) is 4. The number of hydrogen-bond acceptors (Lipinski definition) is 5. The first-order valence-electron chi connectivity index (χ1n) is 12.9. The summed E-state index contributed by atoms with van der Waals surface area (Å²) >= 11 is 0. The van der Waals surface area contributed by atoms with Crippen LogP contribution in [0.5, 0.6) is 5.75 Å². The van der Waals surface area contributed by atoms with Gasteiger partial charge in [0, 0.05) is 31.8 Å². The number of benzene rings is 3. The molecular formula is C31H32N4O3. The fraction of sp³-hybridized carbons (Fsp3) is 0.258. The summed E-state index contributed by atoms with van der Waals surface area (Å²) < 4.78 is 7.28. The van der Waals surface area contributed by atoms with Crippen LogP contribution in [-0.2, 0) is 4.79 Å². The average molecular weight is 509 g/mol. The molecule has 0 aliphatic carbocycles. The second-order valence-electron chi connectivity index (χ2n) is 9.60. The lowest BCUT2D eigenvalue weighted by Gasteiger charge is -2.42. The molecule has 0 N–H and O–H groups in total. The van der Waals surface area contributed by atoms with Gasteiger partial charge in [0.2, 0.25) is 5.91 Å². The molecule has 1 saturated heterocycles. The topological polar surface area (TPSA) is 67.7 Å². The van der Waals surface area contributed by atoms with Gasteiger partial charge in [-0.25, -0.2) is 4.98 Å². The molecule has 1 aliphatic rings. The number of aromatic nitrogens is 2. The Labute approximate surface area is 222 Å². The number of carbonyl (C=O) groups is 1. The molecule has 0 saturated carbocycles. The maximum atomic E-state index is 13.8. The third-order valence-corrected chi connectivity index (χ3v) is 7.21. The molecule has 1 amide bonds. The van der Waals surface area contributed by atoms with Crippen molar-refractivity contribution in [2.45, 2.75) is 25.9 Å². The van der Waals surface area contributed by atoms with Gasteiger partial charge in [0.05, 0.1) is 29.7 Å². The Balaban J connectivity index is 1.44. The van der Waals surface area contributed by atoms with Crippen LogP contribution in [0.3, 0.4) is 0 Å². The zero-order valence-corrected chi connectivity index (χ0v) is 21.9. The molecule has 0 radical (unpaired) electrons. The van der Waals surface area contributed by atoms with Gasteiger partial charge in [-0.3, -0.25) is 19.1 Å². The summed E-state index contributed by atoms with van der Waals surface area (Å²) in [6.07, 6.45) is 3.50. The van der Waals surface area contributed by atoms with Crippen molar-refractivity contribution in [3.63, 3.8) is 0 Å². The van der Waals surface area contributed by atoms with E-state index in [0.717, 1.165) is 5.56 Å². The summed E-state index contributed by atoms with van der Waals surface area (Å²) in [6, 6.07) is 24.6. The maximum absolute atomic E-state index is 13.8. The molecule has 4 aromatic rings. The highest BCUT2D eigenvalue weighted by molar-refractivity contribution is 5.92. The monoisotopic (exact) mass is 508 g/mol. The second kappa shape index (κ2) is 11.0. The third-order valence-electron chi connectivity index (χ3n) is 7.21. The predicted molar refractivity (Wildman–Crippen MR) is 151 cm³/mol. The first kappa shape index (κ1) is 25.4. The van der Waals surface area contributed by atoms with Gasteiger partial charge in [0.25, 0.3) is 5.56 Å². The van der Waals surface area contributed by atoms with Gasteiger partial charge < -0.3 is 9.64 Å². The average Bonchev–Trinajstić information content (AvgIpc) is 2.96. The van der Waals surface area contributed by atoms with Crippen LogP contribution in [0.15, 0.2) is 89.7 Å². The van der Waals surface area contributed by atoms with Crippen molar-refractivity contribution >= 4 is 22.9 Å². The number of piperazine rings is 1. The minimum absolute atomic E-state index is 0.00316. The number of ether oxygens (including phenoxy) is 1. The Morgan fingerprint density at radius 1 is 1.00 bits per heavy atom. The third kappa shape index (κ3) is 4.97. The Morgan fingerprint density at radius 3 is 2.47 bits per heavy atom. The summed E-state index contributed by atoms with van der Waals surface area (Å²) in [5, 5.41) is 0.559. The molecule has 1 aliphatic heterocycles. The summed E-state index contributed by atoms with van der Waals surface area (Å²) in [5.41, 5.74) is 2.19. The Hall–Kier alpha value is -4.23. The molecule has 1 aromatic heterocycles. The van der Waals surface area contributed by atoms with Gasteiger partial charge in [-0.1, -0.05) is 54.6 Å². The summed E-state index contributed by atoms with van der Waals surface area (Å²) in [7, 11) is 1.60. The molecule has 194 valence electrons. The second-order valence-corrected chi connectivity index (χ2v) is 9.60. The molecule has 3 aromatic carbocycles. The minimum Gasteiger partial charge on any atom is -0.495 e. The van der Waals surface area contributed by atoms with E-state index in [1.807, 2.05) is 83.8 Å². The molecule has 2 atom stereocenters. The van der Waals surface area contributed by atoms with E-state index in [2.05, 4.69) is 18.7 Å². The van der Waals surface area contributed by atoms with Crippen LogP contribution in [0.2, 0.25) is 0 Å². The lowest BCUT2D eigenvalue weighted by Crippen LogP contribution is -2.54. The lowest BCUT2D eigenvalue weighted by atomic mass is 10.1. The molecule has 5 rings (SSSR count). The zero-order chi connectivity index (χ0) is 26.6. The van der Waals surface area contributed by atoms with Gasteiger partial charge in [-0.15, -0.1) is 0 Å². The fourth-order valence-electron chi connectivity index (χ4n) is 5.13. The van der Waals surface area contributed by atoms with Crippen molar-refractivity contribution in [3.8, 4) is 11.4 Å². The smallest absolute Gasteiger partial charge is 0.266 e. The molecule has 38 heavy (non-hydrogen) atoms. The fourth-order valence-corrected chi connectivity index (χ4v) is 5.13. The Bertz CT molecular complexity index is 1530. The highest BCUT2D eigenvalue weighted by atomic mass is 16.5. The van der Waals surface area contributed by atoms with Crippen molar-refractivity contribution in [2.75, 3.05) is 26.7 Å². The first-order valence-corrected chi connectivity index (χ1v) is 12.9. The van der Waals surface area contributed by atoms with E-state index in [1.54, 1.807) is 23.8 Å². The summed E-state index contributed by atoms with van der Waals surface area (Å²) in [5.74, 6) is 1.26. The van der Waals surface area contributed by atoms with Crippen LogP contribution in [0.4, 0.5) is 0 Å². The number of rotatable bonds is 6. The van der Waals surface area contributed by atoms with Gasteiger partial charge in [-0.05, 0) is 49.8 Å². The van der Waals surface area contributed by atoms with Gasteiger partial charge >= 0.3 is 0 Å². The highest BCUT2D eigenvalue weighted by Crippen LogP contribution is 2.28. The normalized spacial score (nSPS) is 17.1.